The summed E-state index contributed by atoms with van der Waals surface area (Å²) in [5, 5.41) is 6.03. The number of pyridine rings is 1. The van der Waals surface area contributed by atoms with Crippen LogP contribution in [0.2, 0.25) is 0 Å². The summed E-state index contributed by atoms with van der Waals surface area (Å²) in [6, 6.07) is 54.0. The minimum absolute atomic E-state index is 0.911. The average Bonchev–Trinajstić information content (AvgIpc) is 3.86. The van der Waals surface area contributed by atoms with E-state index in [2.05, 4.69) is 155 Å². The third kappa shape index (κ3) is 4.23. The van der Waals surface area contributed by atoms with E-state index < -0.39 is 0 Å². The van der Waals surface area contributed by atoms with Gasteiger partial charge in [0.1, 0.15) is 17.0 Å². The first-order valence-corrected chi connectivity index (χ1v) is 17.6. The molecular weight excluding hydrogens is 623 g/mol. The van der Waals surface area contributed by atoms with Crippen molar-refractivity contribution in [1.29, 1.82) is 0 Å². The van der Waals surface area contributed by atoms with Crippen LogP contribution in [0.25, 0.3) is 94.6 Å². The number of nitrogens with zero attached hydrogens (tertiary/aromatic N) is 3. The summed E-state index contributed by atoms with van der Waals surface area (Å²) < 4.78 is 11.0. The number of hydrogen-bond acceptors (Lipinski definition) is 2. The number of aromatic nitrogens is 3. The molecule has 11 rings (SSSR count). The Morgan fingerprint density at radius 2 is 1.31 bits per heavy atom. The van der Waals surface area contributed by atoms with Crippen molar-refractivity contribution in [1.82, 2.24) is 14.1 Å². The van der Waals surface area contributed by atoms with Crippen LogP contribution in [0.1, 0.15) is 17.7 Å². The lowest BCUT2D eigenvalue weighted by Gasteiger charge is -2.15. The molecule has 0 aliphatic heterocycles. The van der Waals surface area contributed by atoms with Gasteiger partial charge in [0, 0.05) is 49.4 Å². The quantitative estimate of drug-likeness (QED) is 0.189. The number of para-hydroxylation sites is 2. The van der Waals surface area contributed by atoms with E-state index in [0.29, 0.717) is 0 Å². The Bertz CT molecular complexity index is 3030. The number of allylic oxidation sites excluding steroid dienone is 1. The van der Waals surface area contributed by atoms with Crippen molar-refractivity contribution < 1.29 is 4.42 Å². The molecule has 6 aromatic carbocycles. The lowest BCUT2D eigenvalue weighted by Crippen LogP contribution is -2.03. The average molecular weight is 654 g/mol. The summed E-state index contributed by atoms with van der Waals surface area (Å²) in [5.74, 6) is 0.911. The molecule has 0 bridgehead atoms. The second-order valence-electron chi connectivity index (χ2n) is 13.5. The van der Waals surface area contributed by atoms with E-state index in [-0.39, 0.29) is 0 Å². The highest BCUT2D eigenvalue weighted by Gasteiger charge is 2.24. The van der Waals surface area contributed by atoms with Gasteiger partial charge in [-0.3, -0.25) is 4.57 Å². The van der Waals surface area contributed by atoms with Crippen LogP contribution >= 0.6 is 0 Å². The Hall–Kier alpha value is -6.65. The summed E-state index contributed by atoms with van der Waals surface area (Å²) in [6.45, 7) is 0. The predicted octanol–water partition coefficient (Wildman–Crippen LogP) is 12.3. The van der Waals surface area contributed by atoms with Crippen molar-refractivity contribution in [3.05, 3.63) is 169 Å². The molecule has 0 amide bonds. The molecule has 51 heavy (non-hydrogen) atoms. The van der Waals surface area contributed by atoms with Crippen LogP contribution < -0.4 is 0 Å². The summed E-state index contributed by atoms with van der Waals surface area (Å²) in [4.78, 5) is 5.23. The molecule has 4 heteroatoms. The van der Waals surface area contributed by atoms with Crippen molar-refractivity contribution in [3.63, 3.8) is 0 Å². The van der Waals surface area contributed by atoms with Crippen molar-refractivity contribution in [2.24, 2.45) is 0 Å². The zero-order valence-corrected chi connectivity index (χ0v) is 27.8. The molecule has 0 saturated heterocycles. The van der Waals surface area contributed by atoms with Gasteiger partial charge in [-0.1, -0.05) is 109 Å². The summed E-state index contributed by atoms with van der Waals surface area (Å²) in [5.41, 5.74) is 13.6. The fourth-order valence-electron chi connectivity index (χ4n) is 8.34. The maximum atomic E-state index is 6.16. The fraction of sp³-hybridized carbons (Fsp3) is 0.0426. The summed E-state index contributed by atoms with van der Waals surface area (Å²) >= 11 is 0. The highest BCUT2D eigenvalue weighted by atomic mass is 16.3. The van der Waals surface area contributed by atoms with E-state index >= 15 is 0 Å². The Balaban J connectivity index is 1.17. The minimum atomic E-state index is 0.911. The normalized spacial score (nSPS) is 12.9. The Morgan fingerprint density at radius 3 is 2.25 bits per heavy atom. The molecule has 4 aromatic heterocycles. The minimum Gasteiger partial charge on any atom is -0.456 e. The van der Waals surface area contributed by atoms with Gasteiger partial charge in [0.15, 0.2) is 0 Å². The molecule has 4 nitrogen and oxygen atoms in total. The molecule has 10 aromatic rings. The number of benzene rings is 6. The molecule has 240 valence electrons. The lowest BCUT2D eigenvalue weighted by molar-refractivity contribution is 0.669. The van der Waals surface area contributed by atoms with Gasteiger partial charge in [-0.15, -0.1) is 0 Å². The van der Waals surface area contributed by atoms with Gasteiger partial charge in [0.25, 0.3) is 0 Å². The summed E-state index contributed by atoms with van der Waals surface area (Å²) in [6.07, 6.45) is 6.65. The highest BCUT2D eigenvalue weighted by Crippen LogP contribution is 2.43. The monoisotopic (exact) mass is 653 g/mol. The molecule has 1 aliphatic carbocycles. The first-order chi connectivity index (χ1) is 25.3. The van der Waals surface area contributed by atoms with E-state index in [4.69, 9.17) is 9.40 Å². The molecule has 0 atom stereocenters. The summed E-state index contributed by atoms with van der Waals surface area (Å²) in [7, 11) is 0. The SMILES string of the molecule is C1=Cc2c(n(-c3cccc(-c4ccc5oc6ccccc6c5c4)c3)c3c2ccc2c3c3ccccc3n2-c2cccc(-c3ccccc3)n2)CC1. The molecule has 0 N–H and O–H groups in total. The third-order valence-corrected chi connectivity index (χ3v) is 10.6. The molecule has 1 aliphatic rings. The number of furan rings is 1. The first kappa shape index (κ1) is 28.2. The lowest BCUT2D eigenvalue weighted by atomic mass is 10.0. The van der Waals surface area contributed by atoms with Crippen molar-refractivity contribution >= 4 is 60.7 Å². The Morgan fingerprint density at radius 1 is 0.529 bits per heavy atom. The number of fused-ring (bicyclic) bond motifs is 10. The van der Waals surface area contributed by atoms with E-state index in [1.165, 1.54) is 49.7 Å². The van der Waals surface area contributed by atoms with Crippen molar-refractivity contribution in [2.75, 3.05) is 0 Å². The zero-order valence-electron chi connectivity index (χ0n) is 27.8. The van der Waals surface area contributed by atoms with E-state index in [0.717, 1.165) is 62.9 Å². The molecule has 0 unspecified atom stereocenters. The molecule has 0 radical (unpaired) electrons. The van der Waals surface area contributed by atoms with Gasteiger partial charge in [-0.05, 0) is 78.6 Å². The second-order valence-corrected chi connectivity index (χ2v) is 13.5. The van der Waals surface area contributed by atoms with Crippen LogP contribution in [0.3, 0.4) is 0 Å². The smallest absolute Gasteiger partial charge is 0.138 e. The topological polar surface area (TPSA) is 35.9 Å². The van der Waals surface area contributed by atoms with Gasteiger partial charge in [0.05, 0.1) is 22.2 Å². The number of rotatable bonds is 4. The largest absolute Gasteiger partial charge is 0.456 e. The third-order valence-electron chi connectivity index (χ3n) is 10.6. The maximum absolute atomic E-state index is 6.16. The highest BCUT2D eigenvalue weighted by molar-refractivity contribution is 6.22. The van der Waals surface area contributed by atoms with Crippen LogP contribution in [0.4, 0.5) is 0 Å². The Kier molecular flexibility index (Phi) is 6.05. The standard InChI is InChI=1S/C47H31N3O/c1-2-12-30(13-3-1)39-19-11-23-45(48-39)50-41-21-8-5-18-37(41)46-42(50)26-25-36-34-16-4-7-20-40(34)49(47(36)46)33-15-10-14-31(28-33)32-24-27-44-38(29-32)35-17-6-9-22-43(35)51-44/h1-6,8-19,21-29H,7,20H2. The number of hydrogen-bond donors (Lipinski definition) is 0. The predicted molar refractivity (Wildman–Crippen MR) is 211 cm³/mol. The van der Waals surface area contributed by atoms with Crippen LogP contribution in [0.15, 0.2) is 162 Å². The van der Waals surface area contributed by atoms with Crippen molar-refractivity contribution in [2.45, 2.75) is 12.8 Å². The van der Waals surface area contributed by atoms with E-state index in [1.807, 2.05) is 18.2 Å². The van der Waals surface area contributed by atoms with Crippen LogP contribution in [0, 0.1) is 0 Å². The van der Waals surface area contributed by atoms with Crippen LogP contribution in [0.5, 0.6) is 0 Å². The second kappa shape index (κ2) is 10.9. The molecule has 0 saturated carbocycles. The van der Waals surface area contributed by atoms with Crippen molar-refractivity contribution in [3.8, 4) is 33.9 Å². The Labute approximate surface area is 294 Å². The molecular formula is C47H31N3O. The van der Waals surface area contributed by atoms with Gasteiger partial charge in [-0.2, -0.15) is 0 Å². The van der Waals surface area contributed by atoms with Gasteiger partial charge in [0.2, 0.25) is 0 Å². The van der Waals surface area contributed by atoms with Gasteiger partial charge in [-0.25, -0.2) is 4.98 Å². The molecule has 0 spiro atoms. The maximum Gasteiger partial charge on any atom is 0.138 e. The first-order valence-electron chi connectivity index (χ1n) is 17.6. The zero-order chi connectivity index (χ0) is 33.5. The molecule has 4 heterocycles. The molecule has 0 fully saturated rings. The fourth-order valence-corrected chi connectivity index (χ4v) is 8.34. The van der Waals surface area contributed by atoms with E-state index in [1.54, 1.807) is 0 Å². The van der Waals surface area contributed by atoms with E-state index in [9.17, 15) is 0 Å². The van der Waals surface area contributed by atoms with Gasteiger partial charge >= 0.3 is 0 Å². The van der Waals surface area contributed by atoms with Crippen LogP contribution in [-0.2, 0) is 6.42 Å². The van der Waals surface area contributed by atoms with Crippen LogP contribution in [-0.4, -0.2) is 14.1 Å². The van der Waals surface area contributed by atoms with Gasteiger partial charge < -0.3 is 8.98 Å².